The van der Waals surface area contributed by atoms with Gasteiger partial charge in [0.2, 0.25) is 0 Å². The van der Waals surface area contributed by atoms with Crippen LogP contribution in [-0.4, -0.2) is 11.0 Å². The van der Waals surface area contributed by atoms with E-state index in [2.05, 4.69) is 45.9 Å². The maximum atomic E-state index is 4.27. The van der Waals surface area contributed by atoms with Crippen molar-refractivity contribution in [2.24, 2.45) is 5.92 Å². The van der Waals surface area contributed by atoms with Crippen LogP contribution in [0.3, 0.4) is 0 Å². The van der Waals surface area contributed by atoms with Crippen LogP contribution in [0.5, 0.6) is 0 Å². The molecule has 1 N–H and O–H groups in total. The van der Waals surface area contributed by atoms with Crippen molar-refractivity contribution in [3.8, 4) is 0 Å². The second kappa shape index (κ2) is 3.20. The van der Waals surface area contributed by atoms with Crippen molar-refractivity contribution in [2.75, 3.05) is 5.32 Å². The summed E-state index contributed by atoms with van der Waals surface area (Å²) in [5.74, 6) is 1.86. The van der Waals surface area contributed by atoms with Gasteiger partial charge in [0.15, 0.2) is 0 Å². The summed E-state index contributed by atoms with van der Waals surface area (Å²) in [6.07, 6.45) is 3.12. The topological polar surface area (TPSA) is 24.9 Å². The number of aromatic nitrogens is 1. The van der Waals surface area contributed by atoms with Gasteiger partial charge in [-0.25, -0.2) is 4.98 Å². The third kappa shape index (κ3) is 1.71. The monoisotopic (exact) mass is 274 g/mol. The van der Waals surface area contributed by atoms with Crippen LogP contribution in [0.4, 0.5) is 5.82 Å². The molecule has 0 aliphatic heterocycles. The average molecular weight is 274 g/mol. The second-order valence-electron chi connectivity index (χ2n) is 3.30. The van der Waals surface area contributed by atoms with Gasteiger partial charge in [-0.1, -0.05) is 6.92 Å². The van der Waals surface area contributed by atoms with Crippen molar-refractivity contribution >= 4 is 28.4 Å². The Hall–Kier alpha value is -0.320. The van der Waals surface area contributed by atoms with Gasteiger partial charge >= 0.3 is 0 Å². The lowest BCUT2D eigenvalue weighted by molar-refractivity contribution is 0.922. The van der Waals surface area contributed by atoms with Crippen LogP contribution in [0.1, 0.15) is 13.3 Å². The number of rotatable bonds is 2. The number of nitrogens with zero attached hydrogens (tertiary/aromatic N) is 1. The van der Waals surface area contributed by atoms with Crippen molar-refractivity contribution in [3.63, 3.8) is 0 Å². The summed E-state index contributed by atoms with van der Waals surface area (Å²) < 4.78 is 1.20. The van der Waals surface area contributed by atoms with Gasteiger partial charge in [-0.2, -0.15) is 0 Å². The second-order valence-corrected chi connectivity index (χ2v) is 4.46. The molecule has 0 saturated heterocycles. The van der Waals surface area contributed by atoms with Crippen molar-refractivity contribution in [1.82, 2.24) is 4.98 Å². The highest BCUT2D eigenvalue weighted by atomic mass is 127. The molecule has 3 heteroatoms. The van der Waals surface area contributed by atoms with E-state index in [4.69, 9.17) is 0 Å². The quantitative estimate of drug-likeness (QED) is 0.838. The number of halogens is 1. The fourth-order valence-corrected chi connectivity index (χ4v) is 1.69. The molecule has 1 aliphatic rings. The van der Waals surface area contributed by atoms with Gasteiger partial charge in [0.25, 0.3) is 0 Å². The fraction of sp³-hybridized carbons (Fsp3) is 0.444. The molecule has 0 radical (unpaired) electrons. The molecule has 0 amide bonds. The number of pyridine rings is 1. The highest BCUT2D eigenvalue weighted by molar-refractivity contribution is 14.1. The Morgan fingerprint density at radius 1 is 1.67 bits per heavy atom. The summed E-state index contributed by atoms with van der Waals surface area (Å²) in [4.78, 5) is 4.27. The number of anilines is 1. The first-order valence-electron chi connectivity index (χ1n) is 4.14. The summed E-state index contributed by atoms with van der Waals surface area (Å²) in [5, 5.41) is 3.42. The Morgan fingerprint density at radius 3 is 3.00 bits per heavy atom. The average Bonchev–Trinajstić information content (AvgIpc) is 2.72. The van der Waals surface area contributed by atoms with E-state index in [0.717, 1.165) is 11.7 Å². The zero-order valence-electron chi connectivity index (χ0n) is 6.92. The van der Waals surface area contributed by atoms with E-state index in [1.807, 2.05) is 12.3 Å². The molecule has 1 heterocycles. The lowest BCUT2D eigenvalue weighted by Crippen LogP contribution is -2.06. The normalized spacial score (nSPS) is 26.8. The van der Waals surface area contributed by atoms with E-state index in [-0.39, 0.29) is 0 Å². The third-order valence-corrected chi connectivity index (χ3v) is 3.06. The lowest BCUT2D eigenvalue weighted by atomic mass is 10.4. The molecule has 1 aliphatic carbocycles. The van der Waals surface area contributed by atoms with Crippen molar-refractivity contribution in [3.05, 3.63) is 21.9 Å². The minimum Gasteiger partial charge on any atom is -0.366 e. The van der Waals surface area contributed by atoms with Gasteiger partial charge < -0.3 is 5.32 Å². The summed E-state index contributed by atoms with van der Waals surface area (Å²) in [5.41, 5.74) is 0. The summed E-state index contributed by atoms with van der Waals surface area (Å²) in [7, 11) is 0. The first-order valence-corrected chi connectivity index (χ1v) is 5.22. The predicted octanol–water partition coefficient (Wildman–Crippen LogP) is 2.51. The highest BCUT2D eigenvalue weighted by Crippen LogP contribution is 2.32. The molecular weight excluding hydrogens is 263 g/mol. The number of hydrogen-bond acceptors (Lipinski definition) is 2. The van der Waals surface area contributed by atoms with E-state index < -0.39 is 0 Å². The van der Waals surface area contributed by atoms with E-state index in [0.29, 0.717) is 6.04 Å². The molecule has 2 nitrogen and oxygen atoms in total. The lowest BCUT2D eigenvalue weighted by Gasteiger charge is -2.04. The van der Waals surface area contributed by atoms with Gasteiger partial charge in [0, 0.05) is 12.2 Å². The zero-order chi connectivity index (χ0) is 8.55. The Labute approximate surface area is 85.9 Å². The molecule has 1 aromatic heterocycles. The minimum atomic E-state index is 0.661. The van der Waals surface area contributed by atoms with Crippen molar-refractivity contribution in [2.45, 2.75) is 19.4 Å². The molecule has 0 aromatic carbocycles. The standard InChI is InChI=1S/C9H11IN2/c1-6-5-8(6)12-9-7(10)3-2-4-11-9/h2-4,6,8H,5H2,1H3,(H,11,12). The van der Waals surface area contributed by atoms with E-state index in [9.17, 15) is 0 Å². The first-order chi connectivity index (χ1) is 5.77. The van der Waals surface area contributed by atoms with Crippen LogP contribution in [0, 0.1) is 9.49 Å². The summed E-state index contributed by atoms with van der Waals surface area (Å²) in [6, 6.07) is 4.69. The van der Waals surface area contributed by atoms with Crippen LogP contribution in [0.2, 0.25) is 0 Å². The first kappa shape index (κ1) is 8.29. The van der Waals surface area contributed by atoms with Crippen molar-refractivity contribution in [1.29, 1.82) is 0 Å². The number of hydrogen-bond donors (Lipinski definition) is 1. The van der Waals surface area contributed by atoms with Gasteiger partial charge in [0.1, 0.15) is 5.82 Å². The Bertz CT molecular complexity index is 288. The van der Waals surface area contributed by atoms with E-state index >= 15 is 0 Å². The smallest absolute Gasteiger partial charge is 0.139 e. The minimum absolute atomic E-state index is 0.661. The molecule has 0 bridgehead atoms. The molecule has 0 spiro atoms. The SMILES string of the molecule is CC1CC1Nc1ncccc1I. The molecular formula is C9H11IN2. The Balaban J connectivity index is 2.08. The predicted molar refractivity (Wildman–Crippen MR) is 58.1 cm³/mol. The highest BCUT2D eigenvalue weighted by Gasteiger charge is 2.32. The van der Waals surface area contributed by atoms with Crippen LogP contribution >= 0.6 is 22.6 Å². The van der Waals surface area contributed by atoms with Gasteiger partial charge in [-0.3, -0.25) is 0 Å². The maximum absolute atomic E-state index is 4.27. The van der Waals surface area contributed by atoms with Gasteiger partial charge in [-0.15, -0.1) is 0 Å². The van der Waals surface area contributed by atoms with E-state index in [1.54, 1.807) is 0 Å². The molecule has 1 fully saturated rings. The van der Waals surface area contributed by atoms with Crippen LogP contribution in [0.15, 0.2) is 18.3 Å². The summed E-state index contributed by atoms with van der Waals surface area (Å²) >= 11 is 2.30. The van der Waals surface area contributed by atoms with Crippen molar-refractivity contribution < 1.29 is 0 Å². The maximum Gasteiger partial charge on any atom is 0.139 e. The largest absolute Gasteiger partial charge is 0.366 e. The molecule has 64 valence electrons. The Morgan fingerprint density at radius 2 is 2.42 bits per heavy atom. The molecule has 1 saturated carbocycles. The summed E-state index contributed by atoms with van der Waals surface area (Å²) in [6.45, 7) is 2.26. The van der Waals surface area contributed by atoms with Crippen LogP contribution in [0.25, 0.3) is 0 Å². The molecule has 2 rings (SSSR count). The number of nitrogens with one attached hydrogen (secondary N) is 1. The van der Waals surface area contributed by atoms with Gasteiger partial charge in [0.05, 0.1) is 3.57 Å². The van der Waals surface area contributed by atoms with Crippen LogP contribution in [-0.2, 0) is 0 Å². The zero-order valence-corrected chi connectivity index (χ0v) is 9.08. The molecule has 2 atom stereocenters. The van der Waals surface area contributed by atoms with Crippen LogP contribution < -0.4 is 5.32 Å². The third-order valence-electron chi connectivity index (χ3n) is 2.19. The fourth-order valence-electron chi connectivity index (χ4n) is 1.19. The van der Waals surface area contributed by atoms with E-state index in [1.165, 1.54) is 9.99 Å². The van der Waals surface area contributed by atoms with Gasteiger partial charge in [-0.05, 0) is 47.1 Å². The molecule has 2 unspecified atom stereocenters. The molecule has 1 aromatic rings. The molecule has 12 heavy (non-hydrogen) atoms. The Kier molecular flexibility index (Phi) is 2.21.